The van der Waals surface area contributed by atoms with E-state index in [4.69, 9.17) is 31.1 Å². The third-order valence-electron chi connectivity index (χ3n) is 8.12. The molecule has 0 bridgehead atoms. The van der Waals surface area contributed by atoms with Crippen molar-refractivity contribution < 1.29 is 9.47 Å². The molecule has 50 heavy (non-hydrogen) atoms. The molecule has 3 aromatic heterocycles. The first-order chi connectivity index (χ1) is 24.1. The minimum atomic E-state index is 0. The van der Waals surface area contributed by atoms with Gasteiger partial charge in [-0.25, -0.2) is 24.3 Å². The molecule has 4 heterocycles. The second kappa shape index (κ2) is 16.5. The molecule has 0 atom stereocenters. The van der Waals surface area contributed by atoms with Crippen molar-refractivity contribution in [2.45, 2.75) is 33.0 Å². The average molecular weight is 755 g/mol. The van der Waals surface area contributed by atoms with Crippen LogP contribution < -0.4 is 20.1 Å². The van der Waals surface area contributed by atoms with Crippen LogP contribution in [0, 0.1) is 6.92 Å². The predicted molar refractivity (Wildman–Crippen MR) is 200 cm³/mol. The van der Waals surface area contributed by atoms with Crippen molar-refractivity contribution in [3.63, 3.8) is 0 Å². The highest BCUT2D eigenvalue weighted by molar-refractivity contribution is 8.93. The number of nitrogens with one attached hydrogen (secondary N) is 2. The molecule has 7 rings (SSSR count). The third kappa shape index (κ3) is 8.68. The van der Waals surface area contributed by atoms with E-state index in [9.17, 15) is 0 Å². The Morgan fingerprint density at radius 1 is 0.900 bits per heavy atom. The number of guanidine groups is 1. The van der Waals surface area contributed by atoms with E-state index in [1.807, 2.05) is 35.9 Å². The summed E-state index contributed by atoms with van der Waals surface area (Å²) in [5.41, 5.74) is 7.55. The minimum absolute atomic E-state index is 0. The Bertz CT molecular complexity index is 2050. The van der Waals surface area contributed by atoms with Crippen LogP contribution in [0.4, 0.5) is 0 Å². The summed E-state index contributed by atoms with van der Waals surface area (Å²) in [5.74, 6) is 2.96. The second-order valence-corrected chi connectivity index (χ2v) is 12.1. The highest BCUT2D eigenvalue weighted by Crippen LogP contribution is 2.31. The van der Waals surface area contributed by atoms with Crippen LogP contribution in [-0.2, 0) is 26.1 Å². The Kier molecular flexibility index (Phi) is 11.4. The largest absolute Gasteiger partial charge is 0.486 e. The fourth-order valence-electron chi connectivity index (χ4n) is 5.64. The number of aryl methyl sites for hydroxylation is 1. The van der Waals surface area contributed by atoms with Crippen LogP contribution >= 0.6 is 28.6 Å². The molecular weight excluding hydrogens is 718 g/mol. The standard InChI is InChI=1S/C37H36ClN9O2.BrH/c1-26-6-10-31(36(45-26)47-23-32(38)21-43-47)20-42-37(40-15-14-27-9-13-34-35(18-27)49-17-16-48-34)41-19-30-4-2-3-5-33(30)29-11-7-28(8-12-29)22-46-25-39-24-44-46;/h2-13,18,21,23-25H,14-17,19-20,22H2,1H3,(H2,40,41,42);1H. The Labute approximate surface area is 306 Å². The quantitative estimate of drug-likeness (QED) is 0.116. The maximum absolute atomic E-state index is 6.19. The summed E-state index contributed by atoms with van der Waals surface area (Å²) in [6, 6.07) is 27.1. The lowest BCUT2D eigenvalue weighted by Gasteiger charge is -2.19. The van der Waals surface area contributed by atoms with Gasteiger partial charge in [0, 0.05) is 24.3 Å². The number of benzene rings is 3. The summed E-state index contributed by atoms with van der Waals surface area (Å²) < 4.78 is 15.0. The Morgan fingerprint density at radius 2 is 1.72 bits per heavy atom. The number of nitrogens with zero attached hydrogens (tertiary/aromatic N) is 7. The zero-order chi connectivity index (χ0) is 33.4. The lowest BCUT2D eigenvalue weighted by molar-refractivity contribution is 0.171. The summed E-state index contributed by atoms with van der Waals surface area (Å²) in [6.45, 7) is 5.37. The molecule has 256 valence electrons. The van der Waals surface area contributed by atoms with Gasteiger partial charge in [0.1, 0.15) is 25.9 Å². The van der Waals surface area contributed by atoms with E-state index in [0.29, 0.717) is 56.2 Å². The van der Waals surface area contributed by atoms with Gasteiger partial charge in [0.2, 0.25) is 0 Å². The van der Waals surface area contributed by atoms with Crippen LogP contribution in [-0.4, -0.2) is 55.2 Å². The molecule has 2 N–H and O–H groups in total. The van der Waals surface area contributed by atoms with E-state index in [2.05, 4.69) is 80.4 Å². The highest BCUT2D eigenvalue weighted by atomic mass is 79.9. The first-order valence-electron chi connectivity index (χ1n) is 16.1. The van der Waals surface area contributed by atoms with Gasteiger partial charge in [-0.3, -0.25) is 0 Å². The van der Waals surface area contributed by atoms with Gasteiger partial charge in [-0.1, -0.05) is 72.3 Å². The fraction of sp³-hybridized carbons (Fsp3) is 0.216. The molecule has 1 aliphatic heterocycles. The summed E-state index contributed by atoms with van der Waals surface area (Å²) in [4.78, 5) is 13.8. The smallest absolute Gasteiger partial charge is 0.191 e. The molecule has 0 aliphatic carbocycles. The molecule has 11 nitrogen and oxygen atoms in total. The maximum Gasteiger partial charge on any atom is 0.191 e. The van der Waals surface area contributed by atoms with Crippen LogP contribution in [0.25, 0.3) is 16.9 Å². The van der Waals surface area contributed by atoms with Crippen LogP contribution in [0.3, 0.4) is 0 Å². The highest BCUT2D eigenvalue weighted by Gasteiger charge is 2.13. The lowest BCUT2D eigenvalue weighted by Crippen LogP contribution is -2.38. The molecule has 1 aliphatic rings. The Hall–Kier alpha value is -5.20. The number of aliphatic imine (C=N–C) groups is 1. The van der Waals surface area contributed by atoms with Crippen LogP contribution in [0.15, 0.2) is 109 Å². The van der Waals surface area contributed by atoms with Crippen molar-refractivity contribution in [2.24, 2.45) is 4.99 Å². The van der Waals surface area contributed by atoms with E-state index in [1.54, 1.807) is 29.7 Å². The molecule has 0 fully saturated rings. The number of hydrogen-bond donors (Lipinski definition) is 2. The van der Waals surface area contributed by atoms with Gasteiger partial charge in [0.25, 0.3) is 0 Å². The molecular formula is C37H37BrClN9O2. The Morgan fingerprint density at radius 3 is 2.52 bits per heavy atom. The molecule has 6 aromatic rings. The number of fused-ring (bicyclic) bond motifs is 1. The normalized spacial score (nSPS) is 12.3. The van der Waals surface area contributed by atoms with Crippen molar-refractivity contribution >= 4 is 34.5 Å². The molecule has 13 heteroatoms. The summed E-state index contributed by atoms with van der Waals surface area (Å²) in [6.07, 6.45) is 7.40. The zero-order valence-corrected chi connectivity index (χ0v) is 30.0. The van der Waals surface area contributed by atoms with E-state index in [1.165, 1.54) is 0 Å². The van der Waals surface area contributed by atoms with E-state index < -0.39 is 0 Å². The van der Waals surface area contributed by atoms with Crippen molar-refractivity contribution in [1.82, 2.24) is 40.2 Å². The first-order valence-corrected chi connectivity index (χ1v) is 16.5. The molecule has 0 radical (unpaired) electrons. The van der Waals surface area contributed by atoms with E-state index in [-0.39, 0.29) is 17.0 Å². The summed E-state index contributed by atoms with van der Waals surface area (Å²) in [7, 11) is 0. The minimum Gasteiger partial charge on any atom is -0.486 e. The van der Waals surface area contributed by atoms with Crippen molar-refractivity contribution in [3.8, 4) is 28.4 Å². The second-order valence-electron chi connectivity index (χ2n) is 11.7. The monoisotopic (exact) mass is 753 g/mol. The number of halogens is 2. The van der Waals surface area contributed by atoms with Crippen molar-refractivity contribution in [2.75, 3.05) is 19.8 Å². The summed E-state index contributed by atoms with van der Waals surface area (Å²) in [5, 5.41) is 16.3. The predicted octanol–water partition coefficient (Wildman–Crippen LogP) is 6.36. The SMILES string of the molecule is Br.Cc1ccc(CN=C(NCCc2ccc3c(c2)OCCO3)NCc2ccccc2-c2ccc(Cn3cncn3)cc2)c(-n2cc(Cl)cn2)n1. The van der Waals surface area contributed by atoms with Crippen molar-refractivity contribution in [3.05, 3.63) is 137 Å². The summed E-state index contributed by atoms with van der Waals surface area (Å²) >= 11 is 6.19. The van der Waals surface area contributed by atoms with E-state index in [0.717, 1.165) is 57.0 Å². The van der Waals surface area contributed by atoms with Gasteiger partial charge >= 0.3 is 0 Å². The maximum atomic E-state index is 6.19. The van der Waals surface area contributed by atoms with Gasteiger partial charge in [-0.05, 0) is 59.4 Å². The van der Waals surface area contributed by atoms with Gasteiger partial charge in [-0.15, -0.1) is 17.0 Å². The van der Waals surface area contributed by atoms with Gasteiger partial charge < -0.3 is 20.1 Å². The topological polar surface area (TPSA) is 116 Å². The molecule has 0 saturated carbocycles. The Balaban J connectivity index is 0.00000432. The average Bonchev–Trinajstić information content (AvgIpc) is 3.82. The van der Waals surface area contributed by atoms with Gasteiger partial charge in [0.05, 0.1) is 30.5 Å². The van der Waals surface area contributed by atoms with Crippen molar-refractivity contribution in [1.29, 1.82) is 0 Å². The number of ether oxygens (including phenoxy) is 2. The van der Waals surface area contributed by atoms with Crippen LogP contribution in [0.2, 0.25) is 5.02 Å². The molecule has 0 spiro atoms. The van der Waals surface area contributed by atoms with Gasteiger partial charge in [0.15, 0.2) is 23.3 Å². The lowest BCUT2D eigenvalue weighted by atomic mass is 9.98. The molecule has 0 amide bonds. The number of aromatic nitrogens is 6. The number of rotatable bonds is 11. The third-order valence-corrected chi connectivity index (χ3v) is 8.32. The molecule has 0 saturated heterocycles. The number of pyridine rings is 1. The van der Waals surface area contributed by atoms with Crippen LogP contribution in [0.1, 0.15) is 27.9 Å². The zero-order valence-electron chi connectivity index (χ0n) is 27.5. The molecule has 3 aromatic carbocycles. The van der Waals surface area contributed by atoms with E-state index >= 15 is 0 Å². The number of hydrogen-bond acceptors (Lipinski definition) is 7. The first kappa shape index (κ1) is 34.7. The van der Waals surface area contributed by atoms with Gasteiger partial charge in [-0.2, -0.15) is 10.2 Å². The molecule has 0 unspecified atom stereocenters. The fourth-order valence-corrected chi connectivity index (χ4v) is 5.78. The van der Waals surface area contributed by atoms with Crippen LogP contribution in [0.5, 0.6) is 11.5 Å².